The predicted octanol–water partition coefficient (Wildman–Crippen LogP) is 3.96. The number of benzodiazepines with no additional fused rings is 1. The number of carbonyl (C=O) groups is 3. The molecule has 0 radical (unpaired) electrons. The quantitative estimate of drug-likeness (QED) is 0.481. The zero-order valence-electron chi connectivity index (χ0n) is 17.8. The molecule has 0 saturated carbocycles. The molecule has 3 amide bonds. The van der Waals surface area contributed by atoms with Gasteiger partial charge in [-0.15, -0.1) is 0 Å². The summed E-state index contributed by atoms with van der Waals surface area (Å²) in [7, 11) is 0. The number of nitrogens with zero attached hydrogens (tertiary/aromatic N) is 1. The normalized spacial score (nSPS) is 14.9. The molecule has 3 aromatic rings. The van der Waals surface area contributed by atoms with Crippen LogP contribution in [-0.2, 0) is 16.0 Å². The first-order valence-electron chi connectivity index (χ1n) is 10.4. The van der Waals surface area contributed by atoms with Gasteiger partial charge in [-0.3, -0.25) is 14.4 Å². The van der Waals surface area contributed by atoms with Crippen LogP contribution in [0, 0.1) is 0 Å². The SMILES string of the molecule is NC(=O)c1ccc(C2=NC(NC(=O)CCc3ccc(Cl)cc3Cl)C(=O)Nc3ccccc32)cc1. The van der Waals surface area contributed by atoms with Crippen LogP contribution in [0.3, 0.4) is 0 Å². The molecular weight excluding hydrogens is 475 g/mol. The van der Waals surface area contributed by atoms with Gasteiger partial charge >= 0.3 is 0 Å². The molecule has 1 heterocycles. The van der Waals surface area contributed by atoms with Gasteiger partial charge in [-0.05, 0) is 42.3 Å². The Morgan fingerprint density at radius 1 is 1.03 bits per heavy atom. The van der Waals surface area contributed by atoms with E-state index in [1.54, 1.807) is 54.6 Å². The summed E-state index contributed by atoms with van der Waals surface area (Å²) in [6, 6.07) is 18.9. The van der Waals surface area contributed by atoms with Crippen molar-refractivity contribution in [3.8, 4) is 0 Å². The van der Waals surface area contributed by atoms with Crippen LogP contribution < -0.4 is 16.4 Å². The second kappa shape index (κ2) is 10.1. The average Bonchev–Trinajstić information content (AvgIpc) is 2.95. The second-order valence-electron chi connectivity index (χ2n) is 7.66. The largest absolute Gasteiger partial charge is 0.366 e. The van der Waals surface area contributed by atoms with Gasteiger partial charge in [-0.1, -0.05) is 59.6 Å². The summed E-state index contributed by atoms with van der Waals surface area (Å²) in [4.78, 5) is 41.6. The Balaban J connectivity index is 1.59. The van der Waals surface area contributed by atoms with E-state index in [9.17, 15) is 14.4 Å². The molecule has 1 unspecified atom stereocenters. The number of aliphatic imine (C=N–C) groups is 1. The molecule has 1 aliphatic heterocycles. The molecule has 9 heteroatoms. The minimum absolute atomic E-state index is 0.107. The Morgan fingerprint density at radius 2 is 1.76 bits per heavy atom. The van der Waals surface area contributed by atoms with Crippen molar-refractivity contribution in [3.63, 3.8) is 0 Å². The first kappa shape index (κ1) is 23.5. The van der Waals surface area contributed by atoms with Crippen LogP contribution in [0.2, 0.25) is 10.0 Å². The maximum absolute atomic E-state index is 12.9. The van der Waals surface area contributed by atoms with Crippen molar-refractivity contribution in [2.24, 2.45) is 10.7 Å². The average molecular weight is 495 g/mol. The fourth-order valence-corrected chi connectivity index (χ4v) is 4.08. The second-order valence-corrected chi connectivity index (χ2v) is 8.50. The molecule has 7 nitrogen and oxygen atoms in total. The van der Waals surface area contributed by atoms with Gasteiger partial charge in [0.1, 0.15) is 0 Å². The van der Waals surface area contributed by atoms with Gasteiger partial charge < -0.3 is 16.4 Å². The number of halogens is 2. The van der Waals surface area contributed by atoms with E-state index in [1.165, 1.54) is 0 Å². The van der Waals surface area contributed by atoms with Crippen molar-refractivity contribution >= 4 is 52.3 Å². The lowest BCUT2D eigenvalue weighted by Crippen LogP contribution is -2.42. The number of carbonyl (C=O) groups excluding carboxylic acids is 3. The van der Waals surface area contributed by atoms with E-state index < -0.39 is 18.0 Å². The number of benzene rings is 3. The van der Waals surface area contributed by atoms with E-state index >= 15 is 0 Å². The fourth-order valence-electron chi connectivity index (χ4n) is 3.57. The molecule has 0 saturated heterocycles. The van der Waals surface area contributed by atoms with Gasteiger partial charge in [0.05, 0.1) is 11.4 Å². The van der Waals surface area contributed by atoms with Crippen molar-refractivity contribution in [1.29, 1.82) is 0 Å². The van der Waals surface area contributed by atoms with E-state index in [1.807, 2.05) is 12.1 Å². The molecule has 3 aromatic carbocycles. The number of nitrogens with one attached hydrogen (secondary N) is 2. The third-order valence-electron chi connectivity index (χ3n) is 5.32. The maximum Gasteiger partial charge on any atom is 0.269 e. The molecule has 4 N–H and O–H groups in total. The van der Waals surface area contributed by atoms with E-state index in [0.29, 0.717) is 44.6 Å². The van der Waals surface area contributed by atoms with Crippen LogP contribution in [0.5, 0.6) is 0 Å². The van der Waals surface area contributed by atoms with E-state index in [-0.39, 0.29) is 12.3 Å². The zero-order chi connectivity index (χ0) is 24.2. The summed E-state index contributed by atoms with van der Waals surface area (Å²) >= 11 is 12.1. The molecule has 0 bridgehead atoms. The fraction of sp³-hybridized carbons (Fsp3) is 0.120. The number of nitrogens with two attached hydrogens (primary N) is 1. The van der Waals surface area contributed by atoms with Crippen LogP contribution in [-0.4, -0.2) is 29.6 Å². The molecule has 0 fully saturated rings. The summed E-state index contributed by atoms with van der Waals surface area (Å²) in [5.41, 5.74) is 8.88. The summed E-state index contributed by atoms with van der Waals surface area (Å²) in [6.07, 6.45) is -0.663. The number of para-hydroxylation sites is 1. The predicted molar refractivity (Wildman–Crippen MR) is 132 cm³/mol. The minimum Gasteiger partial charge on any atom is -0.366 e. The van der Waals surface area contributed by atoms with Crippen molar-refractivity contribution in [1.82, 2.24) is 5.32 Å². The van der Waals surface area contributed by atoms with Crippen LogP contribution in [0.25, 0.3) is 0 Å². The van der Waals surface area contributed by atoms with Gasteiger partial charge in [0.25, 0.3) is 5.91 Å². The highest BCUT2D eigenvalue weighted by molar-refractivity contribution is 6.35. The molecular formula is C25H20Cl2N4O3. The van der Waals surface area contributed by atoms with Crippen LogP contribution >= 0.6 is 23.2 Å². The highest BCUT2D eigenvalue weighted by atomic mass is 35.5. The molecule has 1 aliphatic rings. The zero-order valence-corrected chi connectivity index (χ0v) is 19.4. The number of primary amides is 1. The van der Waals surface area contributed by atoms with Gasteiger partial charge in [-0.2, -0.15) is 0 Å². The molecule has 0 aliphatic carbocycles. The standard InChI is InChI=1S/C25H20Cl2N4O3/c26-17-11-9-14(19(27)13-17)10-12-21(32)30-24-25(34)29-20-4-2-1-3-18(20)22(31-24)15-5-7-16(8-6-15)23(28)33/h1-9,11,13,24H,10,12H2,(H2,28,33)(H,29,34)(H,30,32). The maximum atomic E-state index is 12.9. The summed E-state index contributed by atoms with van der Waals surface area (Å²) in [5, 5.41) is 6.50. The van der Waals surface area contributed by atoms with Crippen molar-refractivity contribution in [2.75, 3.05) is 5.32 Å². The number of anilines is 1. The molecule has 4 rings (SSSR count). The van der Waals surface area contributed by atoms with E-state index in [4.69, 9.17) is 28.9 Å². The highest BCUT2D eigenvalue weighted by Crippen LogP contribution is 2.25. The Labute approximate surface area is 206 Å². The lowest BCUT2D eigenvalue weighted by Gasteiger charge is -2.14. The van der Waals surface area contributed by atoms with Crippen molar-refractivity contribution in [3.05, 3.63) is 99.0 Å². The molecule has 172 valence electrons. The van der Waals surface area contributed by atoms with Crippen LogP contribution in [0.4, 0.5) is 5.69 Å². The first-order chi connectivity index (χ1) is 16.3. The monoisotopic (exact) mass is 494 g/mol. The molecule has 0 aromatic heterocycles. The lowest BCUT2D eigenvalue weighted by molar-refractivity contribution is -0.126. The number of aryl methyl sites for hydroxylation is 1. The number of amides is 3. The summed E-state index contributed by atoms with van der Waals surface area (Å²) in [6.45, 7) is 0. The van der Waals surface area contributed by atoms with E-state index in [2.05, 4.69) is 15.6 Å². The molecule has 0 spiro atoms. The molecule has 1 atom stereocenters. The summed E-state index contributed by atoms with van der Waals surface area (Å²) < 4.78 is 0. The van der Waals surface area contributed by atoms with Crippen molar-refractivity contribution < 1.29 is 14.4 Å². The van der Waals surface area contributed by atoms with Crippen molar-refractivity contribution in [2.45, 2.75) is 19.0 Å². The first-order valence-corrected chi connectivity index (χ1v) is 11.2. The minimum atomic E-state index is -1.15. The lowest BCUT2D eigenvalue weighted by atomic mass is 9.99. The van der Waals surface area contributed by atoms with Gasteiger partial charge in [0.2, 0.25) is 18.0 Å². The van der Waals surface area contributed by atoms with E-state index in [0.717, 1.165) is 5.56 Å². The van der Waals surface area contributed by atoms with Crippen LogP contribution in [0.15, 0.2) is 71.7 Å². The number of rotatable bonds is 6. The van der Waals surface area contributed by atoms with Gasteiger partial charge in [0.15, 0.2) is 0 Å². The third kappa shape index (κ3) is 5.27. The topological polar surface area (TPSA) is 114 Å². The highest BCUT2D eigenvalue weighted by Gasteiger charge is 2.27. The van der Waals surface area contributed by atoms with Gasteiger partial charge in [-0.25, -0.2) is 4.99 Å². The summed E-state index contributed by atoms with van der Waals surface area (Å²) in [5.74, 6) is -1.36. The van der Waals surface area contributed by atoms with Gasteiger partial charge in [0, 0.05) is 33.2 Å². The smallest absolute Gasteiger partial charge is 0.269 e. The number of hydrogen-bond acceptors (Lipinski definition) is 4. The third-order valence-corrected chi connectivity index (χ3v) is 5.91. The van der Waals surface area contributed by atoms with Crippen LogP contribution in [0.1, 0.15) is 33.5 Å². The number of fused-ring (bicyclic) bond motifs is 1. The Morgan fingerprint density at radius 3 is 2.47 bits per heavy atom. The molecule has 34 heavy (non-hydrogen) atoms. The Bertz CT molecular complexity index is 1310. The Hall–Kier alpha value is -3.68. The Kier molecular flexibility index (Phi) is 6.95. The number of hydrogen-bond donors (Lipinski definition) is 3.